The van der Waals surface area contributed by atoms with Crippen LogP contribution < -0.4 is 10.6 Å². The smallest absolute Gasteiger partial charge is 0.407 e. The van der Waals surface area contributed by atoms with Gasteiger partial charge in [-0.05, 0) is 36.6 Å². The van der Waals surface area contributed by atoms with E-state index >= 15 is 0 Å². The standard InChI is InChI=1S/C24H25N3O4/c1-18-7-9-20(10-8-18)23(26-21-11-13-22(14-12-21)27(29)30)15-16-25-24(28)31-17-19-5-3-2-4-6-19/h2-14,23,26H,15-17H2,1H3,(H,25,28)/t23-/m0/s1. The quantitative estimate of drug-likeness (QED) is 0.359. The zero-order valence-corrected chi connectivity index (χ0v) is 17.3. The number of ether oxygens (including phenoxy) is 1. The lowest BCUT2D eigenvalue weighted by Crippen LogP contribution is -2.27. The minimum Gasteiger partial charge on any atom is -0.445 e. The molecular formula is C24H25N3O4. The Morgan fingerprint density at radius 3 is 2.32 bits per heavy atom. The van der Waals surface area contributed by atoms with Crippen LogP contribution in [0.4, 0.5) is 16.2 Å². The summed E-state index contributed by atoms with van der Waals surface area (Å²) in [5.74, 6) is 0. The third kappa shape index (κ3) is 6.85. The van der Waals surface area contributed by atoms with Gasteiger partial charge in [-0.25, -0.2) is 4.79 Å². The number of anilines is 1. The molecule has 160 valence electrons. The SMILES string of the molecule is Cc1ccc([C@H](CCNC(=O)OCc2ccccc2)Nc2ccc([N+](=O)[O-])cc2)cc1. The van der Waals surface area contributed by atoms with Crippen LogP contribution in [0.2, 0.25) is 0 Å². The number of carbonyl (C=O) groups is 1. The number of amides is 1. The number of alkyl carbamates (subject to hydrolysis) is 1. The van der Waals surface area contributed by atoms with Crippen LogP contribution >= 0.6 is 0 Å². The van der Waals surface area contributed by atoms with Crippen molar-refractivity contribution in [2.75, 3.05) is 11.9 Å². The van der Waals surface area contributed by atoms with Crippen LogP contribution in [0.15, 0.2) is 78.9 Å². The van der Waals surface area contributed by atoms with Crippen molar-refractivity contribution in [2.45, 2.75) is 26.0 Å². The molecule has 0 radical (unpaired) electrons. The van der Waals surface area contributed by atoms with E-state index in [1.807, 2.05) is 61.5 Å². The summed E-state index contributed by atoms with van der Waals surface area (Å²) in [6.07, 6.45) is 0.141. The van der Waals surface area contributed by atoms with E-state index in [0.717, 1.165) is 22.4 Å². The number of nitrogens with one attached hydrogen (secondary N) is 2. The highest BCUT2D eigenvalue weighted by Gasteiger charge is 2.13. The Bertz CT molecular complexity index is 990. The van der Waals surface area contributed by atoms with Crippen molar-refractivity contribution in [1.29, 1.82) is 0 Å². The number of non-ortho nitro benzene ring substituents is 1. The van der Waals surface area contributed by atoms with Crippen molar-refractivity contribution in [1.82, 2.24) is 5.32 Å². The summed E-state index contributed by atoms with van der Waals surface area (Å²) in [4.78, 5) is 22.5. The van der Waals surface area contributed by atoms with E-state index in [4.69, 9.17) is 4.74 Å². The first-order valence-electron chi connectivity index (χ1n) is 10.0. The van der Waals surface area contributed by atoms with E-state index in [9.17, 15) is 14.9 Å². The van der Waals surface area contributed by atoms with Gasteiger partial charge >= 0.3 is 6.09 Å². The van der Waals surface area contributed by atoms with Gasteiger partial charge in [-0.1, -0.05) is 60.2 Å². The van der Waals surface area contributed by atoms with Gasteiger partial charge in [0.15, 0.2) is 0 Å². The molecule has 0 saturated heterocycles. The van der Waals surface area contributed by atoms with Crippen molar-refractivity contribution in [3.8, 4) is 0 Å². The Kier molecular flexibility index (Phi) is 7.59. The number of nitrogens with zero attached hydrogens (tertiary/aromatic N) is 1. The van der Waals surface area contributed by atoms with E-state index in [2.05, 4.69) is 10.6 Å². The van der Waals surface area contributed by atoms with Gasteiger partial charge in [0.1, 0.15) is 6.61 Å². The maximum atomic E-state index is 12.0. The first-order valence-corrected chi connectivity index (χ1v) is 10.0. The van der Waals surface area contributed by atoms with Crippen LogP contribution in [-0.2, 0) is 11.3 Å². The minimum absolute atomic E-state index is 0.0419. The number of benzene rings is 3. The molecule has 0 aromatic heterocycles. The fourth-order valence-electron chi connectivity index (χ4n) is 3.09. The van der Waals surface area contributed by atoms with E-state index in [-0.39, 0.29) is 18.3 Å². The van der Waals surface area contributed by atoms with E-state index in [0.29, 0.717) is 13.0 Å². The molecule has 0 heterocycles. The number of carbonyl (C=O) groups excluding carboxylic acids is 1. The van der Waals surface area contributed by atoms with Gasteiger partial charge in [-0.15, -0.1) is 0 Å². The lowest BCUT2D eigenvalue weighted by Gasteiger charge is -2.21. The molecule has 3 aromatic rings. The number of nitro groups is 1. The van der Waals surface area contributed by atoms with Gasteiger partial charge in [0.05, 0.1) is 11.0 Å². The molecule has 0 saturated carbocycles. The Balaban J connectivity index is 1.58. The van der Waals surface area contributed by atoms with Crippen LogP contribution in [0.25, 0.3) is 0 Å². The molecule has 2 N–H and O–H groups in total. The average Bonchev–Trinajstić information content (AvgIpc) is 2.78. The second-order valence-corrected chi connectivity index (χ2v) is 7.19. The number of nitro benzene ring substituents is 1. The monoisotopic (exact) mass is 419 g/mol. The summed E-state index contributed by atoms with van der Waals surface area (Å²) in [6.45, 7) is 2.65. The maximum Gasteiger partial charge on any atom is 0.407 e. The van der Waals surface area contributed by atoms with Crippen LogP contribution in [-0.4, -0.2) is 17.6 Å². The lowest BCUT2D eigenvalue weighted by molar-refractivity contribution is -0.384. The van der Waals surface area contributed by atoms with Gasteiger partial charge in [0, 0.05) is 24.4 Å². The highest BCUT2D eigenvalue weighted by Crippen LogP contribution is 2.24. The molecule has 0 aliphatic carbocycles. The largest absolute Gasteiger partial charge is 0.445 e. The first kappa shape index (κ1) is 21.8. The Morgan fingerprint density at radius 2 is 1.68 bits per heavy atom. The van der Waals surface area contributed by atoms with Gasteiger partial charge in [0.25, 0.3) is 5.69 Å². The van der Waals surface area contributed by atoms with Crippen LogP contribution in [0, 0.1) is 17.0 Å². The number of aryl methyl sites for hydroxylation is 1. The fourth-order valence-corrected chi connectivity index (χ4v) is 3.09. The topological polar surface area (TPSA) is 93.5 Å². The van der Waals surface area contributed by atoms with Crippen molar-refractivity contribution in [2.24, 2.45) is 0 Å². The summed E-state index contributed by atoms with van der Waals surface area (Å²) in [7, 11) is 0. The predicted octanol–water partition coefficient (Wildman–Crippen LogP) is 5.37. The summed E-state index contributed by atoms with van der Waals surface area (Å²) in [6, 6.07) is 23.8. The summed E-state index contributed by atoms with van der Waals surface area (Å²) in [5.41, 5.74) is 3.95. The first-order chi connectivity index (χ1) is 15.0. The highest BCUT2D eigenvalue weighted by molar-refractivity contribution is 5.67. The molecule has 0 aliphatic rings. The van der Waals surface area contributed by atoms with Gasteiger partial charge in [-0.3, -0.25) is 10.1 Å². The number of hydrogen-bond acceptors (Lipinski definition) is 5. The average molecular weight is 419 g/mol. The second kappa shape index (κ2) is 10.8. The Labute approximate surface area is 181 Å². The van der Waals surface area contributed by atoms with E-state index < -0.39 is 11.0 Å². The second-order valence-electron chi connectivity index (χ2n) is 7.19. The summed E-state index contributed by atoms with van der Waals surface area (Å²) >= 11 is 0. The normalized spacial score (nSPS) is 11.4. The highest BCUT2D eigenvalue weighted by atomic mass is 16.6. The summed E-state index contributed by atoms with van der Waals surface area (Å²) in [5, 5.41) is 17.1. The molecule has 7 heteroatoms. The molecule has 0 fully saturated rings. The Hall–Kier alpha value is -3.87. The van der Waals surface area contributed by atoms with Crippen LogP contribution in [0.3, 0.4) is 0 Å². The van der Waals surface area contributed by atoms with E-state index in [1.54, 1.807) is 12.1 Å². The lowest BCUT2D eigenvalue weighted by atomic mass is 10.0. The van der Waals surface area contributed by atoms with Gasteiger partial charge in [-0.2, -0.15) is 0 Å². The van der Waals surface area contributed by atoms with Crippen molar-refractivity contribution in [3.05, 3.63) is 106 Å². The molecule has 0 unspecified atom stereocenters. The summed E-state index contributed by atoms with van der Waals surface area (Å²) < 4.78 is 5.25. The van der Waals surface area contributed by atoms with Crippen molar-refractivity contribution >= 4 is 17.5 Å². The molecule has 31 heavy (non-hydrogen) atoms. The molecule has 1 atom stereocenters. The zero-order valence-electron chi connectivity index (χ0n) is 17.3. The van der Waals surface area contributed by atoms with Crippen LogP contribution in [0.5, 0.6) is 0 Å². The molecule has 0 bridgehead atoms. The fraction of sp³-hybridized carbons (Fsp3) is 0.208. The molecule has 0 spiro atoms. The molecule has 1 amide bonds. The maximum absolute atomic E-state index is 12.0. The van der Waals surface area contributed by atoms with Gasteiger partial charge < -0.3 is 15.4 Å². The molecule has 7 nitrogen and oxygen atoms in total. The van der Waals surface area contributed by atoms with Gasteiger partial charge in [0.2, 0.25) is 0 Å². The number of rotatable bonds is 9. The van der Waals surface area contributed by atoms with Crippen LogP contribution in [0.1, 0.15) is 29.2 Å². The molecular weight excluding hydrogens is 394 g/mol. The molecule has 0 aliphatic heterocycles. The predicted molar refractivity (Wildman–Crippen MR) is 120 cm³/mol. The minimum atomic E-state index is -0.471. The third-order valence-electron chi connectivity index (χ3n) is 4.81. The Morgan fingerprint density at radius 1 is 1.00 bits per heavy atom. The molecule has 3 rings (SSSR count). The van der Waals surface area contributed by atoms with Crippen molar-refractivity contribution < 1.29 is 14.5 Å². The zero-order chi connectivity index (χ0) is 22.1. The molecule has 3 aromatic carbocycles. The third-order valence-corrected chi connectivity index (χ3v) is 4.81. The number of hydrogen-bond donors (Lipinski definition) is 2. The van der Waals surface area contributed by atoms with Crippen molar-refractivity contribution in [3.63, 3.8) is 0 Å². The van der Waals surface area contributed by atoms with E-state index in [1.165, 1.54) is 12.1 Å².